The molecule has 0 aliphatic carbocycles. The monoisotopic (exact) mass is 224 g/mol. The van der Waals surface area contributed by atoms with Crippen molar-refractivity contribution in [2.24, 2.45) is 13.0 Å². The van der Waals surface area contributed by atoms with Gasteiger partial charge in [-0.15, -0.1) is 0 Å². The Hall–Kier alpha value is -1.29. The fourth-order valence-electron chi connectivity index (χ4n) is 1.47. The van der Waals surface area contributed by atoms with Crippen LogP contribution in [0.5, 0.6) is 0 Å². The van der Waals surface area contributed by atoms with Crippen LogP contribution in [0.1, 0.15) is 13.8 Å². The quantitative estimate of drug-likeness (QED) is 0.823. The molecule has 0 saturated heterocycles. The van der Waals surface area contributed by atoms with Gasteiger partial charge in [0.2, 0.25) is 5.56 Å². The maximum absolute atomic E-state index is 11.2. The van der Waals surface area contributed by atoms with Crippen molar-refractivity contribution in [1.29, 1.82) is 0 Å². The lowest BCUT2D eigenvalue weighted by Crippen LogP contribution is -2.31. The molecule has 1 aromatic heterocycles. The molecular formula is C12H20N2O2. The van der Waals surface area contributed by atoms with Crippen LogP contribution in [0.25, 0.3) is 0 Å². The molecular weight excluding hydrogens is 204 g/mol. The normalized spacial score (nSPS) is 12.8. The van der Waals surface area contributed by atoms with Gasteiger partial charge in [-0.05, 0) is 12.0 Å². The van der Waals surface area contributed by atoms with E-state index in [4.69, 9.17) is 4.74 Å². The van der Waals surface area contributed by atoms with Gasteiger partial charge in [0.25, 0.3) is 0 Å². The number of aryl methyl sites for hydroxylation is 1. The summed E-state index contributed by atoms with van der Waals surface area (Å²) in [6, 6.07) is 3.61. The van der Waals surface area contributed by atoms with Gasteiger partial charge in [-0.2, -0.15) is 0 Å². The number of rotatable bonds is 5. The van der Waals surface area contributed by atoms with Crippen molar-refractivity contribution < 1.29 is 4.74 Å². The Morgan fingerprint density at radius 3 is 2.62 bits per heavy atom. The van der Waals surface area contributed by atoms with E-state index in [0.29, 0.717) is 12.5 Å². The molecule has 1 unspecified atom stereocenters. The van der Waals surface area contributed by atoms with Crippen molar-refractivity contribution in [3.8, 4) is 0 Å². The fraction of sp³-hybridized carbons (Fsp3) is 0.583. The molecule has 0 amide bonds. The second kappa shape index (κ2) is 5.70. The summed E-state index contributed by atoms with van der Waals surface area (Å²) in [6.45, 7) is 4.93. The minimum Gasteiger partial charge on any atom is -0.383 e. The predicted molar refractivity (Wildman–Crippen MR) is 65.8 cm³/mol. The highest BCUT2D eigenvalue weighted by Crippen LogP contribution is 2.11. The number of aromatic nitrogens is 1. The van der Waals surface area contributed by atoms with Gasteiger partial charge in [0.05, 0.1) is 18.3 Å². The zero-order valence-electron chi connectivity index (χ0n) is 10.4. The van der Waals surface area contributed by atoms with E-state index < -0.39 is 0 Å². The summed E-state index contributed by atoms with van der Waals surface area (Å²) in [5.41, 5.74) is 0.941. The summed E-state index contributed by atoms with van der Waals surface area (Å²) >= 11 is 0. The summed E-state index contributed by atoms with van der Waals surface area (Å²) in [5.74, 6) is 0.470. The van der Waals surface area contributed by atoms with Gasteiger partial charge in [-0.3, -0.25) is 4.79 Å². The highest BCUT2D eigenvalue weighted by Gasteiger charge is 2.12. The first-order chi connectivity index (χ1) is 7.54. The minimum atomic E-state index is -0.00149. The van der Waals surface area contributed by atoms with Gasteiger partial charge in [-0.25, -0.2) is 0 Å². The molecule has 0 spiro atoms. The number of anilines is 1. The zero-order chi connectivity index (χ0) is 12.1. The molecule has 0 saturated carbocycles. The van der Waals surface area contributed by atoms with E-state index in [2.05, 4.69) is 19.2 Å². The molecule has 0 radical (unpaired) electrons. The van der Waals surface area contributed by atoms with Crippen LogP contribution in [0, 0.1) is 5.92 Å². The Morgan fingerprint density at radius 1 is 1.44 bits per heavy atom. The molecule has 16 heavy (non-hydrogen) atoms. The maximum atomic E-state index is 11.2. The lowest BCUT2D eigenvalue weighted by molar-refractivity contribution is 0.171. The summed E-state index contributed by atoms with van der Waals surface area (Å²) in [5, 5.41) is 3.36. The molecule has 0 aliphatic heterocycles. The lowest BCUT2D eigenvalue weighted by atomic mass is 10.1. The largest absolute Gasteiger partial charge is 0.383 e. The SMILES string of the molecule is COCC(Nc1ccc(=O)n(C)c1)C(C)C. The van der Waals surface area contributed by atoms with Crippen molar-refractivity contribution in [3.05, 3.63) is 28.7 Å². The predicted octanol–water partition coefficient (Wildman–Crippen LogP) is 1.47. The van der Waals surface area contributed by atoms with Gasteiger partial charge < -0.3 is 14.6 Å². The maximum Gasteiger partial charge on any atom is 0.250 e. The average Bonchev–Trinajstić information content (AvgIpc) is 2.22. The molecule has 90 valence electrons. The van der Waals surface area contributed by atoms with Crippen molar-refractivity contribution >= 4 is 5.69 Å². The van der Waals surface area contributed by atoms with Gasteiger partial charge >= 0.3 is 0 Å². The van der Waals surface area contributed by atoms with Gasteiger partial charge in [0.15, 0.2) is 0 Å². The molecule has 1 aromatic rings. The molecule has 1 atom stereocenters. The summed E-state index contributed by atoms with van der Waals surface area (Å²) in [7, 11) is 3.44. The number of nitrogens with one attached hydrogen (secondary N) is 1. The molecule has 0 bridgehead atoms. The second-order valence-corrected chi connectivity index (χ2v) is 4.32. The van der Waals surface area contributed by atoms with Crippen LogP contribution in [0.2, 0.25) is 0 Å². The Morgan fingerprint density at radius 2 is 2.12 bits per heavy atom. The summed E-state index contributed by atoms with van der Waals surface area (Å²) in [6.07, 6.45) is 1.80. The van der Waals surface area contributed by atoms with Crippen LogP contribution in [0.15, 0.2) is 23.1 Å². The first kappa shape index (κ1) is 12.8. The van der Waals surface area contributed by atoms with Gasteiger partial charge in [0, 0.05) is 26.4 Å². The molecule has 1 N–H and O–H groups in total. The Kier molecular flexibility index (Phi) is 4.55. The van der Waals surface area contributed by atoms with E-state index in [1.807, 2.05) is 0 Å². The third kappa shape index (κ3) is 3.38. The number of nitrogens with zero attached hydrogens (tertiary/aromatic N) is 1. The number of pyridine rings is 1. The van der Waals surface area contributed by atoms with E-state index in [1.165, 1.54) is 0 Å². The van der Waals surface area contributed by atoms with Crippen LogP contribution < -0.4 is 10.9 Å². The fourth-order valence-corrected chi connectivity index (χ4v) is 1.47. The van der Waals surface area contributed by atoms with E-state index in [1.54, 1.807) is 37.1 Å². The number of hydrogen-bond donors (Lipinski definition) is 1. The molecule has 0 fully saturated rings. The molecule has 0 aromatic carbocycles. The van der Waals surface area contributed by atoms with E-state index in [9.17, 15) is 4.79 Å². The first-order valence-corrected chi connectivity index (χ1v) is 5.46. The lowest BCUT2D eigenvalue weighted by Gasteiger charge is -2.22. The summed E-state index contributed by atoms with van der Waals surface area (Å²) in [4.78, 5) is 11.2. The van der Waals surface area contributed by atoms with Gasteiger partial charge in [0.1, 0.15) is 0 Å². The van der Waals surface area contributed by atoms with Crippen LogP contribution in [0.4, 0.5) is 5.69 Å². The van der Waals surface area contributed by atoms with Crippen molar-refractivity contribution in [3.63, 3.8) is 0 Å². The first-order valence-electron chi connectivity index (χ1n) is 5.46. The second-order valence-electron chi connectivity index (χ2n) is 4.32. The topological polar surface area (TPSA) is 43.3 Å². The highest BCUT2D eigenvalue weighted by atomic mass is 16.5. The highest BCUT2D eigenvalue weighted by molar-refractivity contribution is 5.41. The number of hydrogen-bond acceptors (Lipinski definition) is 3. The van der Waals surface area contributed by atoms with E-state index in [-0.39, 0.29) is 11.6 Å². The van der Waals surface area contributed by atoms with Crippen molar-refractivity contribution in [1.82, 2.24) is 4.57 Å². The summed E-state index contributed by atoms with van der Waals surface area (Å²) < 4.78 is 6.72. The van der Waals surface area contributed by atoms with Crippen molar-refractivity contribution in [2.75, 3.05) is 19.0 Å². The smallest absolute Gasteiger partial charge is 0.250 e. The molecule has 4 heteroatoms. The van der Waals surface area contributed by atoms with Crippen LogP contribution >= 0.6 is 0 Å². The standard InChI is InChI=1S/C12H20N2O2/c1-9(2)11(8-16-4)13-10-5-6-12(15)14(3)7-10/h5-7,9,11,13H,8H2,1-4H3. The van der Waals surface area contributed by atoms with Crippen molar-refractivity contribution in [2.45, 2.75) is 19.9 Å². The molecule has 4 nitrogen and oxygen atoms in total. The zero-order valence-corrected chi connectivity index (χ0v) is 10.4. The third-order valence-electron chi connectivity index (χ3n) is 2.59. The average molecular weight is 224 g/mol. The Balaban J connectivity index is 2.77. The van der Waals surface area contributed by atoms with Crippen LogP contribution in [-0.4, -0.2) is 24.3 Å². The molecule has 1 rings (SSSR count). The van der Waals surface area contributed by atoms with Gasteiger partial charge in [-0.1, -0.05) is 13.8 Å². The number of methoxy groups -OCH3 is 1. The third-order valence-corrected chi connectivity index (χ3v) is 2.59. The van der Waals surface area contributed by atoms with Crippen LogP contribution in [-0.2, 0) is 11.8 Å². The Bertz CT molecular complexity index is 385. The number of ether oxygens (including phenoxy) is 1. The molecule has 0 aliphatic rings. The minimum absolute atomic E-state index is 0.00149. The van der Waals surface area contributed by atoms with E-state index in [0.717, 1.165) is 5.69 Å². The Labute approximate surface area is 96.2 Å². The van der Waals surface area contributed by atoms with E-state index >= 15 is 0 Å². The van der Waals surface area contributed by atoms with Crippen LogP contribution in [0.3, 0.4) is 0 Å². The molecule has 1 heterocycles.